The van der Waals surface area contributed by atoms with Gasteiger partial charge in [-0.05, 0) is 25.6 Å². The van der Waals surface area contributed by atoms with E-state index in [4.69, 9.17) is 5.73 Å². The molecule has 0 aromatic carbocycles. The fourth-order valence-electron chi connectivity index (χ4n) is 2.06. The molecule has 6 heteroatoms. The van der Waals surface area contributed by atoms with Gasteiger partial charge in [-0.15, -0.1) is 23.1 Å². The van der Waals surface area contributed by atoms with Gasteiger partial charge in [0.1, 0.15) is 9.86 Å². The average Bonchev–Trinajstić information content (AvgIpc) is 2.86. The van der Waals surface area contributed by atoms with Gasteiger partial charge in [0.2, 0.25) is 5.95 Å². The molecule has 0 spiro atoms. The average molecular weight is 310 g/mol. The van der Waals surface area contributed by atoms with Crippen molar-refractivity contribution in [3.05, 3.63) is 10.9 Å². The summed E-state index contributed by atoms with van der Waals surface area (Å²) in [5, 5.41) is 2.18. The minimum Gasteiger partial charge on any atom is -0.368 e. The molecule has 2 rings (SSSR count). The van der Waals surface area contributed by atoms with Crippen LogP contribution in [0.25, 0.3) is 10.2 Å². The lowest BCUT2D eigenvalue weighted by molar-refractivity contribution is 0.324. The van der Waals surface area contributed by atoms with Crippen molar-refractivity contribution >= 4 is 39.3 Å². The number of aryl methyl sites for hydroxylation is 1. The summed E-state index contributed by atoms with van der Waals surface area (Å²) in [5.74, 6) is 1.41. The molecule has 20 heavy (non-hydrogen) atoms. The summed E-state index contributed by atoms with van der Waals surface area (Å²) in [6.45, 7) is 9.82. The number of thioether (sulfide) groups is 1. The van der Waals surface area contributed by atoms with Crippen LogP contribution in [0.3, 0.4) is 0 Å². The maximum Gasteiger partial charge on any atom is 0.222 e. The minimum atomic E-state index is 0.382. The predicted octanol–water partition coefficient (Wildman–Crippen LogP) is 3.27. The molecule has 0 aliphatic carbocycles. The van der Waals surface area contributed by atoms with Gasteiger partial charge in [-0.1, -0.05) is 20.8 Å². The lowest BCUT2D eigenvalue weighted by Crippen LogP contribution is -2.25. The van der Waals surface area contributed by atoms with E-state index >= 15 is 0 Å². The van der Waals surface area contributed by atoms with Gasteiger partial charge in [0, 0.05) is 22.6 Å². The highest BCUT2D eigenvalue weighted by atomic mass is 32.2. The lowest BCUT2D eigenvalue weighted by atomic mass is 10.3. The predicted molar refractivity (Wildman–Crippen MR) is 89.7 cm³/mol. The van der Waals surface area contributed by atoms with E-state index in [1.54, 1.807) is 23.1 Å². The molecule has 0 saturated heterocycles. The minimum absolute atomic E-state index is 0.382. The number of hydrogen-bond donors (Lipinski definition) is 1. The van der Waals surface area contributed by atoms with Crippen LogP contribution < -0.4 is 5.73 Å². The fraction of sp³-hybridized carbons (Fsp3) is 0.571. The second kappa shape index (κ2) is 7.24. The molecule has 0 aliphatic heterocycles. The highest BCUT2D eigenvalue weighted by Gasteiger charge is 2.11. The van der Waals surface area contributed by atoms with E-state index in [2.05, 4.69) is 41.7 Å². The molecule has 2 N–H and O–H groups in total. The zero-order chi connectivity index (χ0) is 14.5. The highest BCUT2D eigenvalue weighted by Crippen LogP contribution is 2.32. The van der Waals surface area contributed by atoms with E-state index in [0.717, 1.165) is 47.1 Å². The van der Waals surface area contributed by atoms with Crippen molar-refractivity contribution in [3.8, 4) is 0 Å². The van der Waals surface area contributed by atoms with Gasteiger partial charge in [0.15, 0.2) is 0 Å². The number of thiophene rings is 1. The topological polar surface area (TPSA) is 55.0 Å². The highest BCUT2D eigenvalue weighted by molar-refractivity contribution is 7.99. The number of nitrogen functional groups attached to an aromatic ring is 1. The molecule has 0 unspecified atom stereocenters. The molecule has 2 aromatic rings. The third-order valence-corrected chi connectivity index (χ3v) is 5.46. The third-order valence-electron chi connectivity index (χ3n) is 3.32. The monoisotopic (exact) mass is 310 g/mol. The van der Waals surface area contributed by atoms with Crippen LogP contribution in [0.15, 0.2) is 11.1 Å². The van der Waals surface area contributed by atoms with Crippen LogP contribution >= 0.6 is 23.1 Å². The first-order valence-corrected chi connectivity index (χ1v) is 8.89. The zero-order valence-electron chi connectivity index (χ0n) is 12.3. The van der Waals surface area contributed by atoms with Crippen molar-refractivity contribution in [2.45, 2.75) is 32.2 Å². The van der Waals surface area contributed by atoms with Gasteiger partial charge in [0.25, 0.3) is 0 Å². The van der Waals surface area contributed by atoms with Crippen molar-refractivity contribution in [3.63, 3.8) is 0 Å². The van der Waals surface area contributed by atoms with Crippen molar-refractivity contribution in [1.82, 2.24) is 14.9 Å². The van der Waals surface area contributed by atoms with E-state index in [0.29, 0.717) is 5.95 Å². The normalized spacial score (nSPS) is 11.6. The molecule has 0 saturated carbocycles. The molecule has 0 amide bonds. The Morgan fingerprint density at radius 1 is 1.25 bits per heavy atom. The van der Waals surface area contributed by atoms with Crippen molar-refractivity contribution in [2.24, 2.45) is 0 Å². The molecule has 0 atom stereocenters. The number of anilines is 1. The Kier molecular flexibility index (Phi) is 5.63. The quantitative estimate of drug-likeness (QED) is 0.628. The van der Waals surface area contributed by atoms with Crippen molar-refractivity contribution < 1.29 is 0 Å². The maximum atomic E-state index is 5.82. The van der Waals surface area contributed by atoms with Crippen molar-refractivity contribution in [2.75, 3.05) is 31.1 Å². The number of fused-ring (bicyclic) bond motifs is 1. The molecule has 0 bridgehead atoms. The first kappa shape index (κ1) is 15.5. The molecular weight excluding hydrogens is 288 g/mol. The Labute approximate surface area is 128 Å². The molecule has 0 aliphatic rings. The van der Waals surface area contributed by atoms with Crippen LogP contribution in [0.1, 0.15) is 25.6 Å². The molecule has 110 valence electrons. The Morgan fingerprint density at radius 2 is 2.00 bits per heavy atom. The van der Waals surface area contributed by atoms with E-state index in [1.807, 2.05) is 0 Å². The Bertz CT molecular complexity index is 564. The van der Waals surface area contributed by atoms with Crippen LogP contribution in [0.2, 0.25) is 0 Å². The van der Waals surface area contributed by atoms with Gasteiger partial charge >= 0.3 is 0 Å². The van der Waals surface area contributed by atoms with Crippen LogP contribution in [0.4, 0.5) is 5.95 Å². The summed E-state index contributed by atoms with van der Waals surface area (Å²) in [6, 6.07) is 2.21. The molecule has 2 aromatic heterocycles. The van der Waals surface area contributed by atoms with Gasteiger partial charge in [-0.2, -0.15) is 0 Å². The SMILES string of the molecule is CCc1cc2c(SCCN(CC)CC)nc(N)nc2s1. The summed E-state index contributed by atoms with van der Waals surface area (Å²) in [5.41, 5.74) is 5.82. The Hall–Kier alpha value is -0.850. The summed E-state index contributed by atoms with van der Waals surface area (Å²) in [4.78, 5) is 13.5. The van der Waals surface area contributed by atoms with E-state index < -0.39 is 0 Å². The van der Waals surface area contributed by atoms with E-state index in [-0.39, 0.29) is 0 Å². The summed E-state index contributed by atoms with van der Waals surface area (Å²) in [6.07, 6.45) is 1.03. The van der Waals surface area contributed by atoms with Gasteiger partial charge in [-0.3, -0.25) is 0 Å². The third kappa shape index (κ3) is 3.62. The Balaban J connectivity index is 2.14. The van der Waals surface area contributed by atoms with Crippen LogP contribution in [0, 0.1) is 0 Å². The standard InChI is InChI=1S/C14H22N4S2/c1-4-10-9-11-12(16-14(15)17-13(11)20-10)19-8-7-18(5-2)6-3/h9H,4-8H2,1-3H3,(H2,15,16,17). The lowest BCUT2D eigenvalue weighted by Gasteiger charge is -2.17. The molecule has 2 heterocycles. The Morgan fingerprint density at radius 3 is 2.65 bits per heavy atom. The van der Waals surface area contributed by atoms with Crippen LogP contribution in [-0.2, 0) is 6.42 Å². The summed E-state index contributed by atoms with van der Waals surface area (Å²) >= 11 is 3.50. The van der Waals surface area contributed by atoms with Crippen LogP contribution in [0.5, 0.6) is 0 Å². The molecular formula is C14H22N4S2. The smallest absolute Gasteiger partial charge is 0.222 e. The largest absolute Gasteiger partial charge is 0.368 e. The first-order chi connectivity index (χ1) is 9.67. The number of rotatable bonds is 7. The summed E-state index contributed by atoms with van der Waals surface area (Å²) in [7, 11) is 0. The fourth-order valence-corrected chi connectivity index (χ4v) is 4.11. The molecule has 0 fully saturated rings. The first-order valence-electron chi connectivity index (χ1n) is 7.09. The molecule has 4 nitrogen and oxygen atoms in total. The number of hydrogen-bond acceptors (Lipinski definition) is 6. The van der Waals surface area contributed by atoms with Crippen molar-refractivity contribution in [1.29, 1.82) is 0 Å². The maximum absolute atomic E-state index is 5.82. The number of nitrogens with zero attached hydrogens (tertiary/aromatic N) is 3. The number of aromatic nitrogens is 2. The number of nitrogens with two attached hydrogens (primary N) is 1. The van der Waals surface area contributed by atoms with E-state index in [9.17, 15) is 0 Å². The zero-order valence-corrected chi connectivity index (χ0v) is 14.0. The van der Waals surface area contributed by atoms with Crippen LogP contribution in [-0.4, -0.2) is 40.3 Å². The van der Waals surface area contributed by atoms with Gasteiger partial charge in [0.05, 0.1) is 0 Å². The van der Waals surface area contributed by atoms with Gasteiger partial charge in [-0.25, -0.2) is 9.97 Å². The molecule has 0 radical (unpaired) electrons. The summed E-state index contributed by atoms with van der Waals surface area (Å²) < 4.78 is 0. The van der Waals surface area contributed by atoms with E-state index in [1.165, 1.54) is 4.88 Å². The second-order valence-electron chi connectivity index (χ2n) is 4.55. The second-order valence-corrected chi connectivity index (χ2v) is 6.75. The van der Waals surface area contributed by atoms with Gasteiger partial charge < -0.3 is 10.6 Å².